The second-order valence-corrected chi connectivity index (χ2v) is 7.23. The predicted octanol–water partition coefficient (Wildman–Crippen LogP) is 1.33. The van der Waals surface area contributed by atoms with Crippen molar-refractivity contribution in [1.82, 2.24) is 14.9 Å². The molecule has 3 heterocycles. The van der Waals surface area contributed by atoms with Crippen LogP contribution in [0.3, 0.4) is 0 Å². The van der Waals surface area contributed by atoms with Crippen LogP contribution < -0.4 is 4.90 Å². The first kappa shape index (κ1) is 15.3. The molecule has 2 aliphatic heterocycles. The normalized spacial score (nSPS) is 23.1. The molecule has 1 unspecified atom stereocenters. The number of rotatable bonds is 3. The zero-order valence-corrected chi connectivity index (χ0v) is 13.5. The topological polar surface area (TPSA) is 66.4 Å². The van der Waals surface area contributed by atoms with Crippen LogP contribution in [-0.2, 0) is 9.59 Å². The third-order valence-electron chi connectivity index (χ3n) is 4.20. The third kappa shape index (κ3) is 3.40. The van der Waals surface area contributed by atoms with Gasteiger partial charge in [-0.05, 0) is 18.9 Å². The molecule has 0 radical (unpaired) electrons. The van der Waals surface area contributed by atoms with Gasteiger partial charge in [-0.15, -0.1) is 0 Å². The lowest BCUT2D eigenvalue weighted by atomic mass is 10.0. The average molecular weight is 320 g/mol. The average Bonchev–Trinajstić information content (AvgIpc) is 2.88. The predicted molar refractivity (Wildman–Crippen MR) is 85.7 cm³/mol. The minimum atomic E-state index is 0.0932. The Kier molecular flexibility index (Phi) is 4.61. The van der Waals surface area contributed by atoms with Crippen LogP contribution in [0.1, 0.15) is 26.2 Å². The Morgan fingerprint density at radius 1 is 1.27 bits per heavy atom. The summed E-state index contributed by atoms with van der Waals surface area (Å²) in [6, 6.07) is 2.09. The van der Waals surface area contributed by atoms with Gasteiger partial charge < -0.3 is 9.80 Å². The number of carbonyl (C=O) groups excluding carboxylic acids is 2. The van der Waals surface area contributed by atoms with Gasteiger partial charge in [0.25, 0.3) is 0 Å². The molecule has 6 nitrogen and oxygen atoms in total. The minimum Gasteiger partial charge on any atom is -0.341 e. The number of amides is 1. The first-order chi connectivity index (χ1) is 10.6. The molecule has 0 spiro atoms. The van der Waals surface area contributed by atoms with Gasteiger partial charge in [-0.3, -0.25) is 9.59 Å². The van der Waals surface area contributed by atoms with E-state index in [2.05, 4.69) is 14.9 Å². The van der Waals surface area contributed by atoms with Gasteiger partial charge in [-0.1, -0.05) is 11.8 Å². The molecule has 0 aliphatic carbocycles. The number of hydrogen-bond donors (Lipinski definition) is 0. The summed E-state index contributed by atoms with van der Waals surface area (Å²) in [5.74, 6) is 0.951. The fourth-order valence-electron chi connectivity index (χ4n) is 3.20. The fourth-order valence-corrected chi connectivity index (χ4v) is 4.13. The number of aromatic nitrogens is 2. The standard InChI is InChI=1S/C15H20N4O2S/c1-11(20)22-13-9-14(21)19(10-13)12-3-7-18(8-4-12)15-16-5-2-6-17-15/h2,5-6,12-13H,3-4,7-10H2,1H3. The van der Waals surface area contributed by atoms with Crippen molar-refractivity contribution >= 4 is 28.7 Å². The van der Waals surface area contributed by atoms with E-state index in [-0.39, 0.29) is 22.3 Å². The number of piperidine rings is 1. The summed E-state index contributed by atoms with van der Waals surface area (Å²) >= 11 is 1.30. The van der Waals surface area contributed by atoms with Gasteiger partial charge in [0.1, 0.15) is 0 Å². The molecule has 118 valence electrons. The Balaban J connectivity index is 1.55. The highest BCUT2D eigenvalue weighted by Crippen LogP contribution is 2.29. The van der Waals surface area contributed by atoms with E-state index in [1.165, 1.54) is 11.8 Å². The van der Waals surface area contributed by atoms with E-state index in [1.807, 2.05) is 11.0 Å². The van der Waals surface area contributed by atoms with Gasteiger partial charge in [0, 0.05) is 56.7 Å². The van der Waals surface area contributed by atoms with Gasteiger partial charge in [0.2, 0.25) is 11.9 Å². The molecule has 2 saturated heterocycles. The van der Waals surface area contributed by atoms with Gasteiger partial charge >= 0.3 is 0 Å². The highest BCUT2D eigenvalue weighted by Gasteiger charge is 2.36. The first-order valence-corrected chi connectivity index (χ1v) is 8.50. The fraction of sp³-hybridized carbons (Fsp3) is 0.600. The van der Waals surface area contributed by atoms with E-state index in [4.69, 9.17) is 0 Å². The lowest BCUT2D eigenvalue weighted by Crippen LogP contribution is -2.46. The van der Waals surface area contributed by atoms with Crippen molar-refractivity contribution in [2.75, 3.05) is 24.5 Å². The van der Waals surface area contributed by atoms with Crippen LogP contribution in [0, 0.1) is 0 Å². The molecular weight excluding hydrogens is 300 g/mol. The molecule has 0 saturated carbocycles. The van der Waals surface area contributed by atoms with Crippen molar-refractivity contribution in [3.63, 3.8) is 0 Å². The van der Waals surface area contributed by atoms with E-state index >= 15 is 0 Å². The van der Waals surface area contributed by atoms with Crippen molar-refractivity contribution < 1.29 is 9.59 Å². The molecule has 2 fully saturated rings. The first-order valence-electron chi connectivity index (χ1n) is 7.62. The maximum Gasteiger partial charge on any atom is 0.225 e. The Bertz CT molecular complexity index is 546. The lowest BCUT2D eigenvalue weighted by Gasteiger charge is -2.36. The zero-order chi connectivity index (χ0) is 15.5. The largest absolute Gasteiger partial charge is 0.341 e. The summed E-state index contributed by atoms with van der Waals surface area (Å²) < 4.78 is 0. The zero-order valence-electron chi connectivity index (χ0n) is 12.6. The van der Waals surface area contributed by atoms with Crippen LogP contribution in [0.25, 0.3) is 0 Å². The molecule has 0 bridgehead atoms. The van der Waals surface area contributed by atoms with Crippen LogP contribution in [-0.4, -0.2) is 56.8 Å². The molecule has 3 rings (SSSR count). The number of likely N-dealkylation sites (tertiary alicyclic amines) is 1. The maximum atomic E-state index is 12.2. The summed E-state index contributed by atoms with van der Waals surface area (Å²) in [6.07, 6.45) is 5.86. The van der Waals surface area contributed by atoms with Crippen LogP contribution in [0.2, 0.25) is 0 Å². The highest BCUT2D eigenvalue weighted by molar-refractivity contribution is 8.14. The van der Waals surface area contributed by atoms with Crippen LogP contribution in [0.5, 0.6) is 0 Å². The Hall–Kier alpha value is -1.63. The monoisotopic (exact) mass is 320 g/mol. The van der Waals surface area contributed by atoms with Crippen molar-refractivity contribution in [2.45, 2.75) is 37.5 Å². The second kappa shape index (κ2) is 6.64. The summed E-state index contributed by atoms with van der Waals surface area (Å²) in [7, 11) is 0. The molecule has 1 aromatic rings. The SMILES string of the molecule is CC(=O)SC1CC(=O)N(C2CCN(c3ncccn3)CC2)C1. The second-order valence-electron chi connectivity index (χ2n) is 5.75. The van der Waals surface area contributed by atoms with Crippen molar-refractivity contribution in [1.29, 1.82) is 0 Å². The van der Waals surface area contributed by atoms with E-state index in [0.29, 0.717) is 13.0 Å². The molecule has 0 N–H and O–H groups in total. The number of hydrogen-bond acceptors (Lipinski definition) is 6. The molecule has 1 atom stereocenters. The molecule has 2 aliphatic rings. The van der Waals surface area contributed by atoms with E-state index < -0.39 is 0 Å². The van der Waals surface area contributed by atoms with Gasteiger partial charge in [0.15, 0.2) is 5.12 Å². The summed E-state index contributed by atoms with van der Waals surface area (Å²) in [6.45, 7) is 4.00. The van der Waals surface area contributed by atoms with Crippen molar-refractivity contribution in [3.8, 4) is 0 Å². The maximum absolute atomic E-state index is 12.2. The van der Waals surface area contributed by atoms with Gasteiger partial charge in [0.05, 0.1) is 0 Å². The van der Waals surface area contributed by atoms with E-state index in [0.717, 1.165) is 31.9 Å². The van der Waals surface area contributed by atoms with Crippen LogP contribution in [0.15, 0.2) is 18.5 Å². The highest BCUT2D eigenvalue weighted by atomic mass is 32.2. The Morgan fingerprint density at radius 2 is 1.95 bits per heavy atom. The Morgan fingerprint density at radius 3 is 2.59 bits per heavy atom. The number of nitrogens with zero attached hydrogens (tertiary/aromatic N) is 4. The number of thioether (sulfide) groups is 1. The third-order valence-corrected chi connectivity index (χ3v) is 5.18. The molecule has 7 heteroatoms. The summed E-state index contributed by atoms with van der Waals surface area (Å²) in [5.41, 5.74) is 0. The minimum absolute atomic E-state index is 0.0932. The number of anilines is 1. The summed E-state index contributed by atoms with van der Waals surface area (Å²) in [4.78, 5) is 36.1. The molecule has 1 amide bonds. The quantitative estimate of drug-likeness (QED) is 0.837. The number of carbonyl (C=O) groups is 2. The van der Waals surface area contributed by atoms with Crippen molar-refractivity contribution in [2.24, 2.45) is 0 Å². The molecule has 1 aromatic heterocycles. The van der Waals surface area contributed by atoms with E-state index in [1.54, 1.807) is 19.3 Å². The smallest absolute Gasteiger partial charge is 0.225 e. The van der Waals surface area contributed by atoms with Gasteiger partial charge in [-0.2, -0.15) is 0 Å². The molecule has 0 aromatic carbocycles. The van der Waals surface area contributed by atoms with E-state index in [9.17, 15) is 9.59 Å². The lowest BCUT2D eigenvalue weighted by molar-refractivity contribution is -0.130. The molecule has 22 heavy (non-hydrogen) atoms. The van der Waals surface area contributed by atoms with Crippen molar-refractivity contribution in [3.05, 3.63) is 18.5 Å². The van der Waals surface area contributed by atoms with Crippen LogP contribution in [0.4, 0.5) is 5.95 Å². The van der Waals surface area contributed by atoms with Gasteiger partial charge in [-0.25, -0.2) is 9.97 Å². The summed E-state index contributed by atoms with van der Waals surface area (Å²) in [5, 5.41) is 0.219. The Labute approximate surface area is 134 Å². The van der Waals surface area contributed by atoms with Crippen LogP contribution >= 0.6 is 11.8 Å². The molecular formula is C15H20N4O2S.